The van der Waals surface area contributed by atoms with Crippen LogP contribution in [0.15, 0.2) is 36.5 Å². The molecule has 0 amide bonds. The molecule has 0 radical (unpaired) electrons. The number of hydrogen-bond acceptors (Lipinski definition) is 2. The van der Waals surface area contributed by atoms with Gasteiger partial charge in [0.2, 0.25) is 0 Å². The SMILES string of the molecule is CCC\C=C/C=C/C=C/C(OCC)OCC. The topological polar surface area (TPSA) is 18.5 Å². The summed E-state index contributed by atoms with van der Waals surface area (Å²) in [4.78, 5) is 0. The predicted octanol–water partition coefficient (Wildman–Crippen LogP) is 3.85. The maximum Gasteiger partial charge on any atom is 0.177 e. The molecule has 0 aliphatic carbocycles. The van der Waals surface area contributed by atoms with Gasteiger partial charge in [-0.1, -0.05) is 43.7 Å². The fraction of sp³-hybridized carbons (Fsp3) is 0.571. The second kappa shape index (κ2) is 12.2. The molecule has 0 rings (SSSR count). The Hall–Kier alpha value is -0.860. The van der Waals surface area contributed by atoms with Gasteiger partial charge < -0.3 is 9.47 Å². The minimum absolute atomic E-state index is 0.223. The van der Waals surface area contributed by atoms with Crippen LogP contribution in [0.25, 0.3) is 0 Å². The lowest BCUT2D eigenvalue weighted by Gasteiger charge is -2.11. The van der Waals surface area contributed by atoms with Crippen molar-refractivity contribution in [1.29, 1.82) is 0 Å². The van der Waals surface area contributed by atoms with Crippen LogP contribution in [0, 0.1) is 0 Å². The number of hydrogen-bond donors (Lipinski definition) is 0. The molecule has 16 heavy (non-hydrogen) atoms. The van der Waals surface area contributed by atoms with Crippen LogP contribution in [-0.2, 0) is 9.47 Å². The summed E-state index contributed by atoms with van der Waals surface area (Å²) in [6, 6.07) is 0. The summed E-state index contributed by atoms with van der Waals surface area (Å²) in [5.41, 5.74) is 0. The van der Waals surface area contributed by atoms with Gasteiger partial charge in [0, 0.05) is 13.2 Å². The molecule has 0 spiro atoms. The number of ether oxygens (including phenoxy) is 2. The van der Waals surface area contributed by atoms with Crippen LogP contribution in [0.4, 0.5) is 0 Å². The lowest BCUT2D eigenvalue weighted by atomic mass is 10.3. The highest BCUT2D eigenvalue weighted by Crippen LogP contribution is 1.97. The molecule has 0 heterocycles. The Kier molecular flexibility index (Phi) is 11.6. The smallest absolute Gasteiger partial charge is 0.177 e. The van der Waals surface area contributed by atoms with E-state index in [4.69, 9.17) is 9.47 Å². The molecule has 0 aliphatic heterocycles. The minimum atomic E-state index is -0.223. The van der Waals surface area contributed by atoms with Crippen LogP contribution in [-0.4, -0.2) is 19.5 Å². The molecule has 0 aromatic heterocycles. The number of unbranched alkanes of at least 4 members (excludes halogenated alkanes) is 1. The summed E-state index contributed by atoms with van der Waals surface area (Å²) in [5, 5.41) is 0. The van der Waals surface area contributed by atoms with Crippen molar-refractivity contribution in [2.24, 2.45) is 0 Å². The van der Waals surface area contributed by atoms with Crippen LogP contribution in [0.2, 0.25) is 0 Å². The highest BCUT2D eigenvalue weighted by Gasteiger charge is 1.99. The molecule has 2 nitrogen and oxygen atoms in total. The summed E-state index contributed by atoms with van der Waals surface area (Å²) in [7, 11) is 0. The Morgan fingerprint density at radius 3 is 2.06 bits per heavy atom. The molecule has 0 atom stereocenters. The summed E-state index contributed by atoms with van der Waals surface area (Å²) < 4.78 is 10.7. The molecule has 0 unspecified atom stereocenters. The lowest BCUT2D eigenvalue weighted by molar-refractivity contribution is -0.103. The average Bonchev–Trinajstić information content (AvgIpc) is 2.28. The van der Waals surface area contributed by atoms with Crippen molar-refractivity contribution in [3.8, 4) is 0 Å². The van der Waals surface area contributed by atoms with Gasteiger partial charge in [0.25, 0.3) is 0 Å². The first-order valence-electron chi connectivity index (χ1n) is 6.08. The van der Waals surface area contributed by atoms with Gasteiger partial charge in [-0.15, -0.1) is 0 Å². The van der Waals surface area contributed by atoms with Crippen molar-refractivity contribution in [3.05, 3.63) is 36.5 Å². The number of allylic oxidation sites excluding steroid dienone is 5. The Bertz CT molecular complexity index is 211. The van der Waals surface area contributed by atoms with Gasteiger partial charge in [-0.2, -0.15) is 0 Å². The minimum Gasteiger partial charge on any atom is -0.349 e. The Morgan fingerprint density at radius 2 is 1.50 bits per heavy atom. The van der Waals surface area contributed by atoms with E-state index >= 15 is 0 Å². The first-order chi connectivity index (χ1) is 7.85. The summed E-state index contributed by atoms with van der Waals surface area (Å²) in [6.45, 7) is 7.42. The van der Waals surface area contributed by atoms with Gasteiger partial charge in [0.1, 0.15) is 0 Å². The van der Waals surface area contributed by atoms with Gasteiger partial charge in [-0.3, -0.25) is 0 Å². The van der Waals surface area contributed by atoms with Gasteiger partial charge in [0.05, 0.1) is 0 Å². The van der Waals surface area contributed by atoms with Crippen molar-refractivity contribution in [3.63, 3.8) is 0 Å². The number of rotatable bonds is 9. The fourth-order valence-electron chi connectivity index (χ4n) is 1.11. The molecule has 0 bridgehead atoms. The van der Waals surface area contributed by atoms with Crippen molar-refractivity contribution in [2.45, 2.75) is 39.9 Å². The standard InChI is InChI=1S/C14H24O2/c1-4-7-8-9-10-11-12-13-14(15-5-2)16-6-3/h8-14H,4-7H2,1-3H3/b9-8-,11-10+,13-12+. The third-order valence-corrected chi connectivity index (χ3v) is 1.85. The summed E-state index contributed by atoms with van der Waals surface area (Å²) >= 11 is 0. The van der Waals surface area contributed by atoms with Crippen LogP contribution in [0.3, 0.4) is 0 Å². The van der Waals surface area contributed by atoms with Gasteiger partial charge >= 0.3 is 0 Å². The first-order valence-corrected chi connectivity index (χ1v) is 6.08. The average molecular weight is 224 g/mol. The second-order valence-electron chi connectivity index (χ2n) is 3.27. The molecule has 92 valence electrons. The first kappa shape index (κ1) is 15.1. The summed E-state index contributed by atoms with van der Waals surface area (Å²) in [5.74, 6) is 0. The van der Waals surface area contributed by atoms with E-state index in [1.807, 2.05) is 38.2 Å². The molecule has 0 fully saturated rings. The molecule has 0 aliphatic rings. The zero-order valence-electron chi connectivity index (χ0n) is 10.7. The predicted molar refractivity (Wildman–Crippen MR) is 69.4 cm³/mol. The maximum atomic E-state index is 5.37. The van der Waals surface area contributed by atoms with Crippen molar-refractivity contribution < 1.29 is 9.47 Å². The highest BCUT2D eigenvalue weighted by molar-refractivity contribution is 5.11. The quantitative estimate of drug-likeness (QED) is 0.437. The lowest BCUT2D eigenvalue weighted by Crippen LogP contribution is -2.13. The maximum absolute atomic E-state index is 5.37. The van der Waals surface area contributed by atoms with E-state index < -0.39 is 0 Å². The van der Waals surface area contributed by atoms with Crippen molar-refractivity contribution in [1.82, 2.24) is 0 Å². The van der Waals surface area contributed by atoms with E-state index in [0.717, 1.165) is 6.42 Å². The molecule has 0 aromatic rings. The van der Waals surface area contributed by atoms with E-state index in [1.54, 1.807) is 0 Å². The normalized spacial score (nSPS) is 12.8. The van der Waals surface area contributed by atoms with E-state index in [1.165, 1.54) is 6.42 Å². The van der Waals surface area contributed by atoms with Gasteiger partial charge in [-0.25, -0.2) is 0 Å². The third-order valence-electron chi connectivity index (χ3n) is 1.85. The van der Waals surface area contributed by atoms with E-state index in [2.05, 4.69) is 19.1 Å². The van der Waals surface area contributed by atoms with E-state index in [9.17, 15) is 0 Å². The molecule has 0 saturated heterocycles. The molecule has 0 N–H and O–H groups in total. The fourth-order valence-corrected chi connectivity index (χ4v) is 1.11. The Morgan fingerprint density at radius 1 is 0.875 bits per heavy atom. The van der Waals surface area contributed by atoms with Crippen molar-refractivity contribution in [2.75, 3.05) is 13.2 Å². The molecular formula is C14H24O2. The van der Waals surface area contributed by atoms with Crippen LogP contribution in [0.1, 0.15) is 33.6 Å². The van der Waals surface area contributed by atoms with Crippen LogP contribution in [0.5, 0.6) is 0 Å². The van der Waals surface area contributed by atoms with Gasteiger partial charge in [-0.05, 0) is 26.3 Å². The van der Waals surface area contributed by atoms with Crippen LogP contribution >= 0.6 is 0 Å². The second-order valence-corrected chi connectivity index (χ2v) is 3.27. The van der Waals surface area contributed by atoms with E-state index in [0.29, 0.717) is 13.2 Å². The monoisotopic (exact) mass is 224 g/mol. The van der Waals surface area contributed by atoms with Gasteiger partial charge in [0.15, 0.2) is 6.29 Å². The molecule has 0 aromatic carbocycles. The van der Waals surface area contributed by atoms with E-state index in [-0.39, 0.29) is 6.29 Å². The Labute approximate surface area is 99.6 Å². The molecule has 0 saturated carbocycles. The van der Waals surface area contributed by atoms with Crippen molar-refractivity contribution >= 4 is 0 Å². The zero-order chi connectivity index (χ0) is 12.1. The van der Waals surface area contributed by atoms with Crippen LogP contribution < -0.4 is 0 Å². The highest BCUT2D eigenvalue weighted by atomic mass is 16.7. The Balaban J connectivity index is 3.84. The largest absolute Gasteiger partial charge is 0.349 e. The third kappa shape index (κ3) is 9.69. The molecule has 2 heteroatoms. The molecular weight excluding hydrogens is 200 g/mol. The summed E-state index contributed by atoms with van der Waals surface area (Å²) in [6.07, 6.45) is 14.2. The zero-order valence-corrected chi connectivity index (χ0v) is 10.7.